The Hall–Kier alpha value is -3.47. The number of nitrogens with zero attached hydrogens (tertiary/aromatic N) is 2. The number of carbonyl (C=O) groups is 3. The monoisotopic (exact) mass is 461 g/mol. The largest absolute Gasteiger partial charge is 0.464 e. The summed E-state index contributed by atoms with van der Waals surface area (Å²) in [5, 5.41) is 2.25. The number of aromatic nitrogens is 1. The van der Waals surface area contributed by atoms with Gasteiger partial charge in [-0.2, -0.15) is 0 Å². The molecule has 1 fully saturated rings. The third kappa shape index (κ3) is 3.79. The number of ether oxygens (including phenoxy) is 2. The Labute approximate surface area is 185 Å². The minimum absolute atomic E-state index is 0.111. The first kappa shape index (κ1) is 23.2. The number of pyridine rings is 1. The molecule has 11 heteroatoms. The van der Waals surface area contributed by atoms with E-state index in [-0.39, 0.29) is 23.7 Å². The van der Waals surface area contributed by atoms with Crippen LogP contribution in [0, 0.1) is 6.92 Å². The fraction of sp³-hybridized carbons (Fsp3) is 0.333. The first-order chi connectivity index (χ1) is 15.2. The van der Waals surface area contributed by atoms with E-state index in [0.717, 1.165) is 5.56 Å². The van der Waals surface area contributed by atoms with E-state index in [4.69, 9.17) is 9.47 Å². The van der Waals surface area contributed by atoms with Crippen LogP contribution in [0.15, 0.2) is 53.7 Å². The lowest BCUT2D eigenvalue weighted by atomic mass is 9.87. The van der Waals surface area contributed by atoms with Crippen LogP contribution >= 0.6 is 0 Å². The molecule has 2 heterocycles. The number of amides is 2. The number of hydrogen-bond acceptors (Lipinski definition) is 8. The molecule has 0 saturated carbocycles. The van der Waals surface area contributed by atoms with Crippen molar-refractivity contribution in [3.8, 4) is 0 Å². The van der Waals surface area contributed by atoms with Crippen molar-refractivity contribution in [3.05, 3.63) is 59.9 Å². The van der Waals surface area contributed by atoms with Crippen LogP contribution in [0.5, 0.6) is 0 Å². The van der Waals surface area contributed by atoms with Gasteiger partial charge in [-0.15, -0.1) is 0 Å². The van der Waals surface area contributed by atoms with Gasteiger partial charge in [0, 0.05) is 12.4 Å². The molecule has 1 aromatic heterocycles. The molecule has 32 heavy (non-hydrogen) atoms. The van der Waals surface area contributed by atoms with Gasteiger partial charge in [0.25, 0.3) is 15.6 Å². The van der Waals surface area contributed by atoms with E-state index >= 15 is 0 Å². The molecule has 10 nitrogen and oxygen atoms in total. The number of urea groups is 1. The lowest BCUT2D eigenvalue weighted by Gasteiger charge is -2.32. The second-order valence-corrected chi connectivity index (χ2v) is 8.80. The molecule has 1 N–H and O–H groups in total. The summed E-state index contributed by atoms with van der Waals surface area (Å²) >= 11 is 0. The van der Waals surface area contributed by atoms with E-state index < -0.39 is 39.6 Å². The van der Waals surface area contributed by atoms with Crippen LogP contribution in [-0.2, 0) is 29.1 Å². The summed E-state index contributed by atoms with van der Waals surface area (Å²) in [5.41, 5.74) is -1.52. The molecule has 0 aliphatic carbocycles. The molecular formula is C21H23N3O7S. The van der Waals surface area contributed by atoms with Crippen molar-refractivity contribution in [1.29, 1.82) is 0 Å². The van der Waals surface area contributed by atoms with Crippen molar-refractivity contribution in [2.45, 2.75) is 37.2 Å². The quantitative estimate of drug-likeness (QED) is 0.487. The van der Waals surface area contributed by atoms with Crippen LogP contribution in [0.2, 0.25) is 0 Å². The van der Waals surface area contributed by atoms with E-state index in [9.17, 15) is 22.8 Å². The third-order valence-corrected chi connectivity index (χ3v) is 6.68. The number of hydrogen-bond donors (Lipinski definition) is 1. The first-order valence-electron chi connectivity index (χ1n) is 9.87. The molecule has 3 rings (SSSR count). The molecule has 0 spiro atoms. The van der Waals surface area contributed by atoms with Gasteiger partial charge >= 0.3 is 18.0 Å². The Morgan fingerprint density at radius 3 is 2.19 bits per heavy atom. The molecule has 2 aromatic rings. The zero-order valence-corrected chi connectivity index (χ0v) is 18.6. The number of nitrogens with one attached hydrogen (secondary N) is 1. The number of sulfonamides is 1. The highest BCUT2D eigenvalue weighted by Gasteiger charge is 2.67. The minimum atomic E-state index is -4.49. The maximum Gasteiger partial charge on any atom is 0.346 e. The summed E-state index contributed by atoms with van der Waals surface area (Å²) in [7, 11) is -4.49. The molecule has 1 saturated heterocycles. The third-order valence-electron chi connectivity index (χ3n) is 4.92. The number of aryl methyl sites for hydroxylation is 1. The van der Waals surface area contributed by atoms with E-state index in [1.165, 1.54) is 50.5 Å². The van der Waals surface area contributed by atoms with Gasteiger partial charge in [-0.3, -0.25) is 4.98 Å². The summed E-state index contributed by atoms with van der Waals surface area (Å²) in [6, 6.07) is 5.99. The lowest BCUT2D eigenvalue weighted by Crippen LogP contribution is -2.60. The van der Waals surface area contributed by atoms with Crippen molar-refractivity contribution in [2.75, 3.05) is 13.2 Å². The van der Waals surface area contributed by atoms with Crippen LogP contribution in [0.4, 0.5) is 4.79 Å². The summed E-state index contributed by atoms with van der Waals surface area (Å²) < 4.78 is 37.7. The highest BCUT2D eigenvalue weighted by Crippen LogP contribution is 2.42. The number of esters is 2. The Morgan fingerprint density at radius 2 is 1.69 bits per heavy atom. The number of carbonyl (C=O) groups excluding carboxylic acids is 3. The smallest absolute Gasteiger partial charge is 0.346 e. The highest BCUT2D eigenvalue weighted by atomic mass is 32.2. The Morgan fingerprint density at radius 1 is 1.09 bits per heavy atom. The van der Waals surface area contributed by atoms with Crippen molar-refractivity contribution >= 4 is 28.0 Å². The molecule has 2 amide bonds. The van der Waals surface area contributed by atoms with Crippen molar-refractivity contribution in [2.24, 2.45) is 0 Å². The zero-order chi connectivity index (χ0) is 23.5. The van der Waals surface area contributed by atoms with Crippen LogP contribution in [0.3, 0.4) is 0 Å². The predicted octanol–water partition coefficient (Wildman–Crippen LogP) is 1.71. The molecule has 1 aliphatic rings. The lowest BCUT2D eigenvalue weighted by molar-refractivity contribution is -0.166. The van der Waals surface area contributed by atoms with Crippen molar-refractivity contribution < 1.29 is 32.3 Å². The predicted molar refractivity (Wildman–Crippen MR) is 112 cm³/mol. The average Bonchev–Trinajstić information content (AvgIpc) is 3.10. The molecule has 0 unspecified atom stereocenters. The molecule has 170 valence electrons. The summed E-state index contributed by atoms with van der Waals surface area (Å²) in [6.07, 6.45) is 2.71. The highest BCUT2D eigenvalue weighted by molar-refractivity contribution is 7.89. The van der Waals surface area contributed by atoms with Gasteiger partial charge in [0.05, 0.1) is 18.1 Å². The van der Waals surface area contributed by atoms with Crippen LogP contribution < -0.4 is 5.32 Å². The molecule has 0 radical (unpaired) electrons. The SMILES string of the molecule is CCOC(=O)C1(C(=O)OCC)NC(=O)N(S(=O)(=O)c2ccc(C)cc2)[C@@H]1c1cccnc1. The standard InChI is InChI=1S/C21H23N3O7S/c1-4-30-18(25)21(19(26)31-5-2)17(15-7-6-12-22-13-15)24(20(27)23-21)32(28,29)16-10-8-14(3)9-11-16/h6-13,17H,4-5H2,1-3H3,(H,23,27)/t17-/m1/s1. The van der Waals surface area contributed by atoms with Crippen LogP contribution in [0.1, 0.15) is 31.0 Å². The molecule has 1 aliphatic heterocycles. The van der Waals surface area contributed by atoms with Gasteiger partial charge in [0.1, 0.15) is 6.04 Å². The Balaban J connectivity index is 2.28. The second kappa shape index (κ2) is 8.95. The van der Waals surface area contributed by atoms with Gasteiger partial charge < -0.3 is 14.8 Å². The first-order valence-corrected chi connectivity index (χ1v) is 11.3. The van der Waals surface area contributed by atoms with Gasteiger partial charge in [0.15, 0.2) is 0 Å². The van der Waals surface area contributed by atoms with Crippen molar-refractivity contribution in [3.63, 3.8) is 0 Å². The Kier molecular flexibility index (Phi) is 6.49. The fourth-order valence-corrected chi connectivity index (χ4v) is 5.01. The van der Waals surface area contributed by atoms with Gasteiger partial charge in [-0.05, 0) is 44.5 Å². The zero-order valence-electron chi connectivity index (χ0n) is 17.8. The van der Waals surface area contributed by atoms with E-state index in [1.54, 1.807) is 19.1 Å². The average molecular weight is 461 g/mol. The Bertz CT molecular complexity index is 1100. The molecular weight excluding hydrogens is 438 g/mol. The second-order valence-electron chi connectivity index (χ2n) is 6.98. The molecule has 1 atom stereocenters. The van der Waals surface area contributed by atoms with Crippen molar-refractivity contribution in [1.82, 2.24) is 14.6 Å². The van der Waals surface area contributed by atoms with Crippen LogP contribution in [-0.4, -0.2) is 54.4 Å². The van der Waals surface area contributed by atoms with Gasteiger partial charge in [-0.25, -0.2) is 27.1 Å². The fourth-order valence-electron chi connectivity index (χ4n) is 3.48. The van der Waals surface area contributed by atoms with Gasteiger partial charge in [-0.1, -0.05) is 23.8 Å². The minimum Gasteiger partial charge on any atom is -0.464 e. The number of benzene rings is 1. The normalized spacial score (nSPS) is 17.5. The van der Waals surface area contributed by atoms with Crippen LogP contribution in [0.25, 0.3) is 0 Å². The summed E-state index contributed by atoms with van der Waals surface area (Å²) in [5.74, 6) is -2.27. The summed E-state index contributed by atoms with van der Waals surface area (Å²) in [6.45, 7) is 4.60. The molecule has 1 aromatic carbocycles. The van der Waals surface area contributed by atoms with E-state index in [2.05, 4.69) is 10.3 Å². The maximum absolute atomic E-state index is 13.5. The molecule has 0 bridgehead atoms. The topological polar surface area (TPSA) is 132 Å². The number of rotatable bonds is 7. The van der Waals surface area contributed by atoms with E-state index in [0.29, 0.717) is 4.31 Å². The van der Waals surface area contributed by atoms with E-state index in [1.807, 2.05) is 0 Å². The van der Waals surface area contributed by atoms with Gasteiger partial charge in [0.2, 0.25) is 0 Å². The summed E-state index contributed by atoms with van der Waals surface area (Å²) in [4.78, 5) is 43.0. The maximum atomic E-state index is 13.5.